The zero-order chi connectivity index (χ0) is 14.9. The number of benzene rings is 1. The van der Waals surface area contributed by atoms with Crippen LogP contribution in [0.15, 0.2) is 24.3 Å². The van der Waals surface area contributed by atoms with Crippen LogP contribution in [0, 0.1) is 11.3 Å². The van der Waals surface area contributed by atoms with Gasteiger partial charge in [-0.25, -0.2) is 4.68 Å². The molecule has 0 bridgehead atoms. The summed E-state index contributed by atoms with van der Waals surface area (Å²) in [5, 5.41) is 17.4. The van der Waals surface area contributed by atoms with E-state index in [1.807, 2.05) is 28.9 Å². The van der Waals surface area contributed by atoms with Gasteiger partial charge in [-0.2, -0.15) is 10.4 Å². The smallest absolute Gasteiger partial charge is 0.133 e. The van der Waals surface area contributed by atoms with E-state index in [-0.39, 0.29) is 0 Å². The van der Waals surface area contributed by atoms with Crippen molar-refractivity contribution in [2.24, 2.45) is 0 Å². The molecule has 2 aromatic rings. The van der Waals surface area contributed by atoms with Gasteiger partial charge >= 0.3 is 0 Å². The van der Waals surface area contributed by atoms with E-state index in [4.69, 9.17) is 10.4 Å². The average Bonchev–Trinajstić information content (AvgIpc) is 3.18. The summed E-state index contributed by atoms with van der Waals surface area (Å²) in [5.41, 5.74) is 4.44. The predicted molar refractivity (Wildman–Crippen MR) is 86.3 cm³/mol. The Hall–Kier alpha value is -2.28. The number of hydrogen-bond acceptors (Lipinski definition) is 3. The minimum absolute atomic E-state index is 0.627. The van der Waals surface area contributed by atoms with Crippen LogP contribution >= 0.6 is 0 Å². The molecule has 1 aromatic heterocycles. The van der Waals surface area contributed by atoms with E-state index < -0.39 is 0 Å². The Labute approximate surface area is 130 Å². The summed E-state index contributed by atoms with van der Waals surface area (Å²) >= 11 is 0. The van der Waals surface area contributed by atoms with Crippen LogP contribution in [-0.2, 0) is 6.42 Å². The van der Waals surface area contributed by atoms with Gasteiger partial charge in [-0.3, -0.25) is 0 Å². The van der Waals surface area contributed by atoms with E-state index in [2.05, 4.69) is 11.4 Å². The van der Waals surface area contributed by atoms with Crippen LogP contribution in [0.3, 0.4) is 0 Å². The number of fused-ring (bicyclic) bond motifs is 1. The fourth-order valence-electron chi connectivity index (χ4n) is 3.77. The van der Waals surface area contributed by atoms with Crippen LogP contribution in [0.1, 0.15) is 54.8 Å². The van der Waals surface area contributed by atoms with Crippen molar-refractivity contribution in [3.05, 3.63) is 41.1 Å². The first-order valence-electron chi connectivity index (χ1n) is 8.23. The van der Waals surface area contributed by atoms with E-state index in [1.165, 1.54) is 43.4 Å². The topological polar surface area (TPSA) is 53.6 Å². The van der Waals surface area contributed by atoms with E-state index in [9.17, 15) is 0 Å². The highest BCUT2D eigenvalue weighted by atomic mass is 15.3. The summed E-state index contributed by atoms with van der Waals surface area (Å²) in [6.07, 6.45) is 7.66. The fourth-order valence-corrected chi connectivity index (χ4v) is 3.77. The minimum Gasteiger partial charge on any atom is -0.369 e. The molecule has 2 aliphatic rings. The molecule has 0 amide bonds. The van der Waals surface area contributed by atoms with Gasteiger partial charge in [0, 0.05) is 18.0 Å². The summed E-state index contributed by atoms with van der Waals surface area (Å²) in [6, 6.07) is 9.85. The highest BCUT2D eigenvalue weighted by molar-refractivity contribution is 5.58. The first-order chi connectivity index (χ1) is 10.9. The van der Waals surface area contributed by atoms with Crippen molar-refractivity contribution in [1.82, 2.24) is 9.78 Å². The Morgan fingerprint density at radius 2 is 1.91 bits per heavy atom. The molecule has 22 heavy (non-hydrogen) atoms. The lowest BCUT2D eigenvalue weighted by Gasteiger charge is -2.20. The van der Waals surface area contributed by atoms with Crippen LogP contribution in [0.25, 0.3) is 5.69 Å². The van der Waals surface area contributed by atoms with Gasteiger partial charge in [-0.15, -0.1) is 0 Å². The molecule has 0 radical (unpaired) electrons. The SMILES string of the molecule is N#Cc1ccc(-n2nc(C3CCCCC3)c3c2NCC3)cc1. The lowest BCUT2D eigenvalue weighted by molar-refractivity contribution is 0.433. The molecule has 4 heteroatoms. The predicted octanol–water partition coefficient (Wildman–Crippen LogP) is 3.76. The second kappa shape index (κ2) is 5.49. The molecule has 4 rings (SSSR count). The lowest BCUT2D eigenvalue weighted by Crippen LogP contribution is -2.09. The minimum atomic E-state index is 0.627. The maximum absolute atomic E-state index is 8.94. The van der Waals surface area contributed by atoms with Gasteiger partial charge in [0.05, 0.1) is 23.0 Å². The Morgan fingerprint density at radius 3 is 2.64 bits per heavy atom. The van der Waals surface area contributed by atoms with Crippen LogP contribution in [0.5, 0.6) is 0 Å². The molecule has 0 unspecified atom stereocenters. The quantitative estimate of drug-likeness (QED) is 0.917. The normalized spacial score (nSPS) is 17.8. The van der Waals surface area contributed by atoms with Crippen LogP contribution in [-0.4, -0.2) is 16.3 Å². The van der Waals surface area contributed by atoms with Crippen molar-refractivity contribution in [3.8, 4) is 11.8 Å². The molecule has 1 saturated carbocycles. The van der Waals surface area contributed by atoms with Gasteiger partial charge in [0.2, 0.25) is 0 Å². The van der Waals surface area contributed by atoms with E-state index in [0.717, 1.165) is 24.5 Å². The first kappa shape index (κ1) is 13.4. The van der Waals surface area contributed by atoms with Gasteiger partial charge in [-0.1, -0.05) is 19.3 Å². The summed E-state index contributed by atoms with van der Waals surface area (Å²) < 4.78 is 2.04. The number of nitrogens with zero attached hydrogens (tertiary/aromatic N) is 3. The Balaban J connectivity index is 1.75. The van der Waals surface area contributed by atoms with Gasteiger partial charge in [0.15, 0.2) is 0 Å². The number of rotatable bonds is 2. The fraction of sp³-hybridized carbons (Fsp3) is 0.444. The second-order valence-electron chi connectivity index (χ2n) is 6.29. The summed E-state index contributed by atoms with van der Waals surface area (Å²) in [6.45, 7) is 1.00. The molecule has 0 spiro atoms. The molecule has 2 heterocycles. The monoisotopic (exact) mass is 292 g/mol. The Morgan fingerprint density at radius 1 is 1.14 bits per heavy atom. The van der Waals surface area contributed by atoms with Crippen LogP contribution < -0.4 is 5.32 Å². The summed E-state index contributed by atoms with van der Waals surface area (Å²) in [4.78, 5) is 0. The van der Waals surface area contributed by atoms with Crippen molar-refractivity contribution in [1.29, 1.82) is 5.26 Å². The molecule has 112 valence electrons. The number of nitriles is 1. The number of hydrogen-bond donors (Lipinski definition) is 1. The van der Waals surface area contributed by atoms with E-state index in [1.54, 1.807) is 0 Å². The maximum atomic E-state index is 8.94. The number of nitrogens with one attached hydrogen (secondary N) is 1. The van der Waals surface area contributed by atoms with Crippen LogP contribution in [0.4, 0.5) is 5.82 Å². The van der Waals surface area contributed by atoms with Crippen molar-refractivity contribution in [2.45, 2.75) is 44.4 Å². The van der Waals surface area contributed by atoms with Gasteiger partial charge in [-0.05, 0) is 43.5 Å². The van der Waals surface area contributed by atoms with Crippen molar-refractivity contribution in [2.75, 3.05) is 11.9 Å². The highest BCUT2D eigenvalue weighted by Crippen LogP contribution is 2.38. The van der Waals surface area contributed by atoms with Crippen molar-refractivity contribution in [3.63, 3.8) is 0 Å². The third kappa shape index (κ3) is 2.18. The van der Waals surface area contributed by atoms with Crippen molar-refractivity contribution >= 4 is 5.82 Å². The number of anilines is 1. The molecular weight excluding hydrogens is 272 g/mol. The van der Waals surface area contributed by atoms with E-state index in [0.29, 0.717) is 11.5 Å². The third-order valence-corrected chi connectivity index (χ3v) is 4.91. The van der Waals surface area contributed by atoms with Gasteiger partial charge in [0.1, 0.15) is 5.82 Å². The maximum Gasteiger partial charge on any atom is 0.133 e. The van der Waals surface area contributed by atoms with Crippen molar-refractivity contribution < 1.29 is 0 Å². The molecule has 1 aromatic carbocycles. The van der Waals surface area contributed by atoms with Gasteiger partial charge < -0.3 is 5.32 Å². The molecule has 0 atom stereocenters. The standard InChI is InChI=1S/C18H20N4/c19-12-13-6-8-15(9-7-13)22-18-16(10-11-20-18)17(21-22)14-4-2-1-3-5-14/h6-9,14,20H,1-5,10-11H2. The largest absolute Gasteiger partial charge is 0.369 e. The summed E-state index contributed by atoms with van der Waals surface area (Å²) in [5.74, 6) is 1.78. The van der Waals surface area contributed by atoms with Crippen LogP contribution in [0.2, 0.25) is 0 Å². The molecular formula is C18H20N4. The molecule has 0 saturated heterocycles. The molecule has 1 aliphatic heterocycles. The number of aromatic nitrogens is 2. The highest BCUT2D eigenvalue weighted by Gasteiger charge is 2.28. The lowest BCUT2D eigenvalue weighted by atomic mass is 9.85. The van der Waals surface area contributed by atoms with E-state index >= 15 is 0 Å². The summed E-state index contributed by atoms with van der Waals surface area (Å²) in [7, 11) is 0. The molecule has 4 nitrogen and oxygen atoms in total. The Bertz CT molecular complexity index is 715. The first-order valence-corrected chi connectivity index (χ1v) is 8.23. The zero-order valence-electron chi connectivity index (χ0n) is 12.7. The molecule has 1 N–H and O–H groups in total. The molecule has 1 aliphatic carbocycles. The average molecular weight is 292 g/mol. The van der Waals surface area contributed by atoms with Gasteiger partial charge in [0.25, 0.3) is 0 Å². The third-order valence-electron chi connectivity index (χ3n) is 4.91. The second-order valence-corrected chi connectivity index (χ2v) is 6.29. The zero-order valence-corrected chi connectivity index (χ0v) is 12.7. The molecule has 1 fully saturated rings. The Kier molecular flexibility index (Phi) is 3.34.